The van der Waals surface area contributed by atoms with Crippen molar-refractivity contribution < 1.29 is 9.53 Å². The van der Waals surface area contributed by atoms with E-state index in [2.05, 4.69) is 36.9 Å². The Morgan fingerprint density at radius 2 is 2.03 bits per heavy atom. The summed E-state index contributed by atoms with van der Waals surface area (Å²) in [6.45, 7) is 2.88. The van der Waals surface area contributed by atoms with Crippen LogP contribution in [0.2, 0.25) is 0 Å². The summed E-state index contributed by atoms with van der Waals surface area (Å²) in [6, 6.07) is 11.6. The number of nitrogens with one attached hydrogen (secondary N) is 1. The Labute approximate surface area is 203 Å². The maximum absolute atomic E-state index is 13.2. The van der Waals surface area contributed by atoms with Gasteiger partial charge in [-0.05, 0) is 51.7 Å². The molecule has 1 aliphatic heterocycles. The van der Waals surface area contributed by atoms with Crippen molar-refractivity contribution in [2.45, 2.75) is 32.4 Å². The summed E-state index contributed by atoms with van der Waals surface area (Å²) >= 11 is 0. The molecule has 0 radical (unpaired) electrons. The first-order valence-electron chi connectivity index (χ1n) is 11.5. The van der Waals surface area contributed by atoms with E-state index in [0.717, 1.165) is 35.7 Å². The van der Waals surface area contributed by atoms with Gasteiger partial charge in [-0.3, -0.25) is 4.79 Å². The van der Waals surface area contributed by atoms with Crippen LogP contribution in [0.4, 0.5) is 5.82 Å². The molecule has 10 nitrogen and oxygen atoms in total. The fourth-order valence-corrected chi connectivity index (χ4v) is 4.35. The normalized spacial score (nSPS) is 14.8. The predicted octanol–water partition coefficient (Wildman–Crippen LogP) is 3.36. The molecular weight excluding hydrogens is 444 g/mol. The van der Waals surface area contributed by atoms with Crippen molar-refractivity contribution in [3.8, 4) is 23.1 Å². The van der Waals surface area contributed by atoms with Crippen molar-refractivity contribution in [2.24, 2.45) is 0 Å². The third-order valence-electron chi connectivity index (χ3n) is 5.98. The van der Waals surface area contributed by atoms with Gasteiger partial charge in [0.25, 0.3) is 5.91 Å². The van der Waals surface area contributed by atoms with E-state index in [0.29, 0.717) is 29.8 Å². The molecule has 0 aliphatic carbocycles. The van der Waals surface area contributed by atoms with Gasteiger partial charge in [0.05, 0.1) is 30.4 Å². The third-order valence-corrected chi connectivity index (χ3v) is 5.98. The number of fused-ring (bicyclic) bond motifs is 1. The van der Waals surface area contributed by atoms with E-state index in [9.17, 15) is 4.79 Å². The highest BCUT2D eigenvalue weighted by Crippen LogP contribution is 2.31. The average Bonchev–Trinajstić information content (AvgIpc) is 3.55. The SMILES string of the molecule is COc1nn(-c2cccc(CN(C)C)n2)cc1C(=O)Nc1cccc(-c2cnc3n2C(C)CC3)n1. The highest BCUT2D eigenvalue weighted by molar-refractivity contribution is 6.05. The van der Waals surface area contributed by atoms with Crippen molar-refractivity contribution in [1.29, 1.82) is 0 Å². The zero-order chi connectivity index (χ0) is 24.5. The van der Waals surface area contributed by atoms with E-state index in [1.165, 1.54) is 7.11 Å². The van der Waals surface area contributed by atoms with Crippen molar-refractivity contribution in [1.82, 2.24) is 34.2 Å². The van der Waals surface area contributed by atoms with Gasteiger partial charge in [-0.15, -0.1) is 5.10 Å². The quantitative estimate of drug-likeness (QED) is 0.440. The minimum Gasteiger partial charge on any atom is -0.479 e. The highest BCUT2D eigenvalue weighted by Gasteiger charge is 2.24. The zero-order valence-electron chi connectivity index (χ0n) is 20.3. The summed E-state index contributed by atoms with van der Waals surface area (Å²) in [5, 5.41) is 7.29. The second-order valence-corrected chi connectivity index (χ2v) is 8.90. The van der Waals surface area contributed by atoms with E-state index in [4.69, 9.17) is 4.74 Å². The molecule has 1 N–H and O–H groups in total. The lowest BCUT2D eigenvalue weighted by Crippen LogP contribution is -2.14. The molecule has 1 atom stereocenters. The Balaban J connectivity index is 1.39. The molecule has 1 amide bonds. The fourth-order valence-electron chi connectivity index (χ4n) is 4.35. The summed E-state index contributed by atoms with van der Waals surface area (Å²) in [6.07, 6.45) is 5.51. The number of ether oxygens (including phenoxy) is 1. The van der Waals surface area contributed by atoms with Crippen molar-refractivity contribution in [3.63, 3.8) is 0 Å². The van der Waals surface area contributed by atoms with E-state index in [1.807, 2.05) is 55.5 Å². The molecule has 0 spiro atoms. The Morgan fingerprint density at radius 1 is 1.20 bits per heavy atom. The molecule has 180 valence electrons. The number of rotatable bonds is 7. The van der Waals surface area contributed by atoms with Crippen molar-refractivity contribution >= 4 is 11.7 Å². The largest absolute Gasteiger partial charge is 0.479 e. The van der Waals surface area contributed by atoms with Crippen LogP contribution in [0.25, 0.3) is 17.2 Å². The first-order valence-corrected chi connectivity index (χ1v) is 11.5. The topological polar surface area (TPSA) is 103 Å². The van der Waals surface area contributed by atoms with Crippen molar-refractivity contribution in [3.05, 3.63) is 65.9 Å². The van der Waals surface area contributed by atoms with Crippen LogP contribution >= 0.6 is 0 Å². The second kappa shape index (κ2) is 9.30. The van der Waals surface area contributed by atoms with Gasteiger partial charge < -0.3 is 19.5 Å². The number of carbonyl (C=O) groups is 1. The van der Waals surface area contributed by atoms with Crippen LogP contribution in [0, 0.1) is 0 Å². The number of carbonyl (C=O) groups excluding carboxylic acids is 1. The monoisotopic (exact) mass is 472 g/mol. The van der Waals surface area contributed by atoms with Crippen LogP contribution in [0.1, 0.15) is 41.3 Å². The highest BCUT2D eigenvalue weighted by atomic mass is 16.5. The smallest absolute Gasteiger partial charge is 0.263 e. The van der Waals surface area contributed by atoms with Gasteiger partial charge in [0.2, 0.25) is 5.88 Å². The number of hydrogen-bond acceptors (Lipinski definition) is 7. The molecule has 5 heterocycles. The van der Waals surface area contributed by atoms with E-state index in [1.54, 1.807) is 16.9 Å². The summed E-state index contributed by atoms with van der Waals surface area (Å²) in [5.74, 6) is 1.96. The van der Waals surface area contributed by atoms with Crippen LogP contribution in [-0.2, 0) is 13.0 Å². The molecule has 35 heavy (non-hydrogen) atoms. The summed E-state index contributed by atoms with van der Waals surface area (Å²) < 4.78 is 9.16. The second-order valence-electron chi connectivity index (χ2n) is 8.90. The minimum absolute atomic E-state index is 0.209. The van der Waals surface area contributed by atoms with E-state index in [-0.39, 0.29) is 11.8 Å². The van der Waals surface area contributed by atoms with Crippen LogP contribution in [-0.4, -0.2) is 61.3 Å². The summed E-state index contributed by atoms with van der Waals surface area (Å²) in [5.41, 5.74) is 2.91. The fraction of sp³-hybridized carbons (Fsp3) is 0.320. The van der Waals surface area contributed by atoms with Crippen molar-refractivity contribution in [2.75, 3.05) is 26.5 Å². The van der Waals surface area contributed by atoms with Gasteiger partial charge in [-0.25, -0.2) is 19.6 Å². The third kappa shape index (κ3) is 4.52. The van der Waals surface area contributed by atoms with Crippen LogP contribution < -0.4 is 10.1 Å². The number of imidazole rings is 1. The molecular formula is C25H28N8O2. The van der Waals surface area contributed by atoms with Gasteiger partial charge in [-0.2, -0.15) is 0 Å². The number of amides is 1. The Morgan fingerprint density at radius 3 is 2.83 bits per heavy atom. The van der Waals surface area contributed by atoms with Gasteiger partial charge >= 0.3 is 0 Å². The molecule has 0 saturated carbocycles. The maximum atomic E-state index is 13.2. The number of hydrogen-bond donors (Lipinski definition) is 1. The Kier molecular flexibility index (Phi) is 6.04. The molecule has 4 aromatic heterocycles. The molecule has 1 unspecified atom stereocenters. The first kappa shape index (κ1) is 22.7. The number of nitrogens with zero attached hydrogens (tertiary/aromatic N) is 7. The zero-order valence-corrected chi connectivity index (χ0v) is 20.3. The molecule has 0 bridgehead atoms. The standard InChI is InChI=1S/C25H28N8O2/c1-16-11-12-22-26-13-20(33(16)22)19-8-6-9-21(28-19)29-24(34)18-15-32(30-25(18)35-4)23-10-5-7-17(27-23)14-31(2)3/h5-10,13,15-16H,11-12,14H2,1-4H3,(H,28,29,34). The number of aromatic nitrogens is 6. The van der Waals surface area contributed by atoms with Crippen LogP contribution in [0.5, 0.6) is 5.88 Å². The number of anilines is 1. The van der Waals surface area contributed by atoms with Gasteiger partial charge in [0, 0.05) is 25.2 Å². The predicted molar refractivity (Wildman–Crippen MR) is 132 cm³/mol. The average molecular weight is 473 g/mol. The molecule has 0 fully saturated rings. The number of pyridine rings is 2. The molecule has 10 heteroatoms. The Hall–Kier alpha value is -4.05. The number of methoxy groups -OCH3 is 1. The molecule has 0 aromatic carbocycles. The van der Waals surface area contributed by atoms with E-state index >= 15 is 0 Å². The summed E-state index contributed by atoms with van der Waals surface area (Å²) in [7, 11) is 5.45. The minimum atomic E-state index is -0.367. The first-order chi connectivity index (χ1) is 16.9. The lowest BCUT2D eigenvalue weighted by molar-refractivity contribution is 0.102. The van der Waals surface area contributed by atoms with Gasteiger partial charge in [-0.1, -0.05) is 12.1 Å². The summed E-state index contributed by atoms with van der Waals surface area (Å²) in [4.78, 5) is 29.0. The van der Waals surface area contributed by atoms with Gasteiger partial charge in [0.1, 0.15) is 17.2 Å². The lowest BCUT2D eigenvalue weighted by Gasteiger charge is -2.12. The van der Waals surface area contributed by atoms with Gasteiger partial charge in [0.15, 0.2) is 5.82 Å². The molecule has 5 rings (SSSR count). The lowest BCUT2D eigenvalue weighted by atomic mass is 10.2. The van der Waals surface area contributed by atoms with Crippen LogP contribution in [0.3, 0.4) is 0 Å². The van der Waals surface area contributed by atoms with Crippen LogP contribution in [0.15, 0.2) is 48.8 Å². The number of aryl methyl sites for hydroxylation is 1. The molecule has 4 aromatic rings. The molecule has 1 aliphatic rings. The maximum Gasteiger partial charge on any atom is 0.263 e. The Bertz CT molecular complexity index is 1370. The van der Waals surface area contributed by atoms with E-state index < -0.39 is 0 Å². The molecule has 0 saturated heterocycles.